The van der Waals surface area contributed by atoms with Gasteiger partial charge in [0.15, 0.2) is 5.11 Å². The maximum Gasteiger partial charge on any atom is 0.173 e. The molecule has 1 aromatic carbocycles. The van der Waals surface area contributed by atoms with E-state index >= 15 is 0 Å². The van der Waals surface area contributed by atoms with E-state index in [1.807, 2.05) is 36.5 Å². The van der Waals surface area contributed by atoms with Gasteiger partial charge in [-0.1, -0.05) is 18.9 Å². The number of nitrogens with one attached hydrogen (secondary N) is 1. The highest BCUT2D eigenvalue weighted by atomic mass is 32.1. The molecule has 1 aromatic heterocycles. The number of ether oxygens (including phenoxy) is 1. The summed E-state index contributed by atoms with van der Waals surface area (Å²) in [6, 6.07) is 12.4. The Morgan fingerprint density at radius 3 is 2.62 bits per heavy atom. The van der Waals surface area contributed by atoms with Crippen LogP contribution in [0.5, 0.6) is 5.75 Å². The van der Waals surface area contributed by atoms with Gasteiger partial charge < -0.3 is 15.0 Å². The first-order valence-electron chi connectivity index (χ1n) is 8.37. The first-order valence-corrected chi connectivity index (χ1v) is 8.77. The zero-order valence-electron chi connectivity index (χ0n) is 13.9. The molecule has 3 rings (SSSR count). The van der Waals surface area contributed by atoms with Crippen molar-refractivity contribution in [2.24, 2.45) is 0 Å². The molecule has 1 fully saturated rings. The van der Waals surface area contributed by atoms with Crippen molar-refractivity contribution >= 4 is 23.0 Å². The number of aromatic nitrogens is 1. The summed E-state index contributed by atoms with van der Waals surface area (Å²) in [6.07, 6.45) is 8.67. The van der Waals surface area contributed by atoms with Crippen LogP contribution in [0.25, 0.3) is 0 Å². The Hall–Kier alpha value is -2.14. The predicted octanol–water partition coefficient (Wildman–Crippen LogP) is 4.23. The van der Waals surface area contributed by atoms with Gasteiger partial charge in [0.25, 0.3) is 0 Å². The molecule has 24 heavy (non-hydrogen) atoms. The Morgan fingerprint density at radius 1 is 1.25 bits per heavy atom. The Bertz CT molecular complexity index is 654. The van der Waals surface area contributed by atoms with E-state index in [-0.39, 0.29) is 0 Å². The third-order valence-electron chi connectivity index (χ3n) is 4.44. The zero-order chi connectivity index (χ0) is 16.8. The maximum atomic E-state index is 5.72. The number of thiocarbonyl (C=S) groups is 1. The number of hydrogen-bond acceptors (Lipinski definition) is 3. The van der Waals surface area contributed by atoms with Crippen molar-refractivity contribution < 1.29 is 4.74 Å². The number of nitrogens with zero attached hydrogens (tertiary/aromatic N) is 2. The topological polar surface area (TPSA) is 37.4 Å². The maximum absolute atomic E-state index is 5.72. The highest BCUT2D eigenvalue weighted by Gasteiger charge is 2.24. The molecule has 0 aliphatic heterocycles. The summed E-state index contributed by atoms with van der Waals surface area (Å²) in [5.74, 6) is 0.842. The highest BCUT2D eigenvalue weighted by Crippen LogP contribution is 2.26. The van der Waals surface area contributed by atoms with Crippen molar-refractivity contribution in [3.8, 4) is 5.75 Å². The van der Waals surface area contributed by atoms with Crippen molar-refractivity contribution in [3.63, 3.8) is 0 Å². The normalized spacial score (nSPS) is 14.4. The van der Waals surface area contributed by atoms with E-state index in [1.165, 1.54) is 31.2 Å². The molecule has 4 nitrogen and oxygen atoms in total. The van der Waals surface area contributed by atoms with Gasteiger partial charge in [-0.2, -0.15) is 0 Å². The Labute approximate surface area is 148 Å². The van der Waals surface area contributed by atoms with Crippen LogP contribution in [0.15, 0.2) is 48.8 Å². The van der Waals surface area contributed by atoms with E-state index < -0.39 is 0 Å². The van der Waals surface area contributed by atoms with Crippen LogP contribution in [0.1, 0.15) is 31.2 Å². The van der Waals surface area contributed by atoms with Gasteiger partial charge in [0.1, 0.15) is 5.75 Å². The van der Waals surface area contributed by atoms with Crippen molar-refractivity contribution in [1.29, 1.82) is 0 Å². The average molecular weight is 341 g/mol. The van der Waals surface area contributed by atoms with Crippen LogP contribution in [0.2, 0.25) is 0 Å². The van der Waals surface area contributed by atoms with Gasteiger partial charge in [0, 0.05) is 30.7 Å². The van der Waals surface area contributed by atoms with Crippen LogP contribution in [-0.4, -0.2) is 28.1 Å². The second-order valence-electron chi connectivity index (χ2n) is 6.09. The molecule has 2 aromatic rings. The van der Waals surface area contributed by atoms with Crippen molar-refractivity contribution in [1.82, 2.24) is 9.88 Å². The lowest BCUT2D eigenvalue weighted by atomic mass is 10.2. The van der Waals surface area contributed by atoms with Crippen LogP contribution >= 0.6 is 12.2 Å². The van der Waals surface area contributed by atoms with Gasteiger partial charge in [-0.25, -0.2) is 0 Å². The molecule has 0 radical (unpaired) electrons. The Balaban J connectivity index is 1.72. The largest absolute Gasteiger partial charge is 0.497 e. The summed E-state index contributed by atoms with van der Waals surface area (Å²) in [4.78, 5) is 6.53. The van der Waals surface area contributed by atoms with E-state index in [2.05, 4.69) is 21.3 Å². The lowest BCUT2D eigenvalue weighted by Gasteiger charge is -2.31. The van der Waals surface area contributed by atoms with Gasteiger partial charge in [-0.15, -0.1) is 0 Å². The molecule has 0 spiro atoms. The molecule has 1 N–H and O–H groups in total. The van der Waals surface area contributed by atoms with E-state index in [1.54, 1.807) is 13.3 Å². The van der Waals surface area contributed by atoms with Gasteiger partial charge in [-0.05, 0) is 61.0 Å². The fourth-order valence-corrected chi connectivity index (χ4v) is 3.47. The van der Waals surface area contributed by atoms with Crippen molar-refractivity contribution in [2.75, 3.05) is 12.4 Å². The molecule has 5 heteroatoms. The smallest absolute Gasteiger partial charge is 0.173 e. The van der Waals surface area contributed by atoms with Crippen LogP contribution in [0.4, 0.5) is 5.69 Å². The number of pyridine rings is 1. The lowest BCUT2D eigenvalue weighted by molar-refractivity contribution is 0.312. The minimum Gasteiger partial charge on any atom is -0.497 e. The third-order valence-corrected chi connectivity index (χ3v) is 4.78. The molecule has 1 aliphatic carbocycles. The molecular weight excluding hydrogens is 318 g/mol. The van der Waals surface area contributed by atoms with Gasteiger partial charge in [-0.3, -0.25) is 4.98 Å². The summed E-state index contributed by atoms with van der Waals surface area (Å²) < 4.78 is 5.20. The highest BCUT2D eigenvalue weighted by molar-refractivity contribution is 7.80. The number of anilines is 1. The van der Waals surface area contributed by atoms with E-state index in [4.69, 9.17) is 17.0 Å². The number of rotatable bonds is 5. The molecule has 0 saturated heterocycles. The minimum absolute atomic E-state index is 0.503. The van der Waals surface area contributed by atoms with Gasteiger partial charge in [0.05, 0.1) is 7.11 Å². The SMILES string of the molecule is COc1ccc(NC(=S)N(Cc2cccnc2)C2CCCC2)cc1. The fourth-order valence-electron chi connectivity index (χ4n) is 3.14. The first kappa shape index (κ1) is 16.7. The number of benzene rings is 1. The third kappa shape index (κ3) is 4.23. The molecule has 126 valence electrons. The number of hydrogen-bond donors (Lipinski definition) is 1. The molecule has 1 saturated carbocycles. The molecule has 0 bridgehead atoms. The monoisotopic (exact) mass is 341 g/mol. The van der Waals surface area contributed by atoms with E-state index in [0.717, 1.165) is 23.1 Å². The predicted molar refractivity (Wildman–Crippen MR) is 101 cm³/mol. The standard InChI is InChI=1S/C19H23N3OS/c1-23-18-10-8-16(9-11-18)21-19(24)22(17-6-2-3-7-17)14-15-5-4-12-20-13-15/h4-5,8-13,17H,2-3,6-7,14H2,1H3,(H,21,24). The fraction of sp³-hybridized carbons (Fsp3) is 0.368. The van der Waals surface area contributed by atoms with Crippen LogP contribution < -0.4 is 10.1 Å². The van der Waals surface area contributed by atoms with Crippen LogP contribution in [0, 0.1) is 0 Å². The van der Waals surface area contributed by atoms with Crippen LogP contribution in [0.3, 0.4) is 0 Å². The second-order valence-corrected chi connectivity index (χ2v) is 6.47. The Morgan fingerprint density at radius 2 is 2.00 bits per heavy atom. The lowest BCUT2D eigenvalue weighted by Crippen LogP contribution is -2.41. The summed E-state index contributed by atoms with van der Waals surface area (Å²) in [5, 5.41) is 4.15. The van der Waals surface area contributed by atoms with Gasteiger partial charge >= 0.3 is 0 Å². The molecule has 0 atom stereocenters. The molecular formula is C19H23N3OS. The molecule has 0 amide bonds. The summed E-state index contributed by atoms with van der Waals surface area (Å²) in [7, 11) is 1.67. The second kappa shape index (κ2) is 8.11. The van der Waals surface area contributed by atoms with Crippen molar-refractivity contribution in [2.45, 2.75) is 38.3 Å². The molecule has 1 aliphatic rings. The van der Waals surface area contributed by atoms with E-state index in [0.29, 0.717) is 6.04 Å². The first-order chi connectivity index (χ1) is 11.8. The zero-order valence-corrected chi connectivity index (χ0v) is 14.8. The summed E-state index contributed by atoms with van der Waals surface area (Å²) >= 11 is 5.72. The van der Waals surface area contributed by atoms with Crippen molar-refractivity contribution in [3.05, 3.63) is 54.4 Å². The van der Waals surface area contributed by atoms with Gasteiger partial charge in [0.2, 0.25) is 0 Å². The number of methoxy groups -OCH3 is 1. The Kier molecular flexibility index (Phi) is 5.64. The average Bonchev–Trinajstić information content (AvgIpc) is 3.15. The summed E-state index contributed by atoms with van der Waals surface area (Å²) in [5.41, 5.74) is 2.17. The minimum atomic E-state index is 0.503. The van der Waals surface area contributed by atoms with E-state index in [9.17, 15) is 0 Å². The molecule has 1 heterocycles. The summed E-state index contributed by atoms with van der Waals surface area (Å²) in [6.45, 7) is 0.792. The van der Waals surface area contributed by atoms with Crippen LogP contribution in [-0.2, 0) is 6.54 Å². The molecule has 0 unspecified atom stereocenters. The quantitative estimate of drug-likeness (QED) is 0.824.